The van der Waals surface area contributed by atoms with Crippen molar-refractivity contribution in [2.24, 2.45) is 0 Å². The second kappa shape index (κ2) is 7.83. The Kier molecular flexibility index (Phi) is 5.28. The van der Waals surface area contributed by atoms with E-state index in [-0.39, 0.29) is 6.10 Å². The molecule has 1 N–H and O–H groups in total. The molecule has 0 bridgehead atoms. The zero-order valence-electron chi connectivity index (χ0n) is 15.0. The number of hydrogen-bond acceptors (Lipinski definition) is 4. The van der Waals surface area contributed by atoms with E-state index in [1.54, 1.807) is 19.5 Å². The minimum atomic E-state index is 0.241. The molecular formula is C21H20Cl2N2O2. The van der Waals surface area contributed by atoms with Gasteiger partial charge in [0.2, 0.25) is 0 Å². The molecule has 1 aliphatic carbocycles. The third kappa shape index (κ3) is 3.64. The van der Waals surface area contributed by atoms with Gasteiger partial charge in [-0.2, -0.15) is 0 Å². The molecule has 1 fully saturated rings. The molecule has 2 aromatic carbocycles. The Labute approximate surface area is 168 Å². The summed E-state index contributed by atoms with van der Waals surface area (Å²) in [6, 6.07) is 9.97. The first-order valence-corrected chi connectivity index (χ1v) is 9.75. The van der Waals surface area contributed by atoms with E-state index in [0.717, 1.165) is 40.8 Å². The predicted octanol–water partition coefficient (Wildman–Crippen LogP) is 6.62. The van der Waals surface area contributed by atoms with Crippen LogP contribution >= 0.6 is 23.2 Å². The van der Waals surface area contributed by atoms with Crippen LogP contribution in [0.1, 0.15) is 25.7 Å². The molecule has 140 valence electrons. The highest BCUT2D eigenvalue weighted by molar-refractivity contribution is 6.39. The SMILES string of the molecule is COc1ccc2c(Nc3c(Cl)cncc3Cl)cccc2c1OC1CCCC1. The lowest BCUT2D eigenvalue weighted by Crippen LogP contribution is -2.12. The van der Waals surface area contributed by atoms with Crippen molar-refractivity contribution in [3.8, 4) is 11.5 Å². The third-order valence-corrected chi connectivity index (χ3v) is 5.47. The van der Waals surface area contributed by atoms with Gasteiger partial charge >= 0.3 is 0 Å². The summed E-state index contributed by atoms with van der Waals surface area (Å²) >= 11 is 12.5. The number of nitrogens with one attached hydrogen (secondary N) is 1. The van der Waals surface area contributed by atoms with E-state index in [2.05, 4.69) is 10.3 Å². The fourth-order valence-corrected chi connectivity index (χ4v) is 4.00. The van der Waals surface area contributed by atoms with Crippen molar-refractivity contribution in [3.63, 3.8) is 0 Å². The van der Waals surface area contributed by atoms with E-state index >= 15 is 0 Å². The van der Waals surface area contributed by atoms with Crippen molar-refractivity contribution in [2.75, 3.05) is 12.4 Å². The molecule has 27 heavy (non-hydrogen) atoms. The standard InChI is InChI=1S/C21H20Cl2N2O2/c1-26-19-10-9-14-15(21(19)27-13-5-2-3-6-13)7-4-8-18(14)25-20-16(22)11-24-12-17(20)23/h4,7-13H,2-3,5-6H2,1H3,(H,24,25). The number of benzene rings is 2. The lowest BCUT2D eigenvalue weighted by molar-refractivity contribution is 0.203. The minimum absolute atomic E-state index is 0.241. The molecule has 1 heterocycles. The molecular weight excluding hydrogens is 383 g/mol. The smallest absolute Gasteiger partial charge is 0.169 e. The van der Waals surface area contributed by atoms with Gasteiger partial charge in [0.25, 0.3) is 0 Å². The molecule has 0 atom stereocenters. The summed E-state index contributed by atoms with van der Waals surface area (Å²) in [7, 11) is 1.67. The molecule has 0 saturated heterocycles. The van der Waals surface area contributed by atoms with Gasteiger partial charge in [-0.05, 0) is 43.9 Å². The minimum Gasteiger partial charge on any atom is -0.493 e. The van der Waals surface area contributed by atoms with E-state index in [0.29, 0.717) is 15.7 Å². The van der Waals surface area contributed by atoms with Crippen LogP contribution in [0.5, 0.6) is 11.5 Å². The number of fused-ring (bicyclic) bond motifs is 1. The van der Waals surface area contributed by atoms with Crippen molar-refractivity contribution < 1.29 is 9.47 Å². The normalized spacial score (nSPS) is 14.5. The van der Waals surface area contributed by atoms with Crippen LogP contribution in [0, 0.1) is 0 Å². The highest BCUT2D eigenvalue weighted by Crippen LogP contribution is 2.42. The Morgan fingerprint density at radius 1 is 1.00 bits per heavy atom. The van der Waals surface area contributed by atoms with Crippen LogP contribution in [-0.4, -0.2) is 18.2 Å². The summed E-state index contributed by atoms with van der Waals surface area (Å²) in [6.07, 6.45) is 7.97. The van der Waals surface area contributed by atoms with Crippen LogP contribution < -0.4 is 14.8 Å². The molecule has 0 aliphatic heterocycles. The number of pyridine rings is 1. The molecule has 4 nitrogen and oxygen atoms in total. The van der Waals surface area contributed by atoms with Crippen LogP contribution in [0.25, 0.3) is 10.8 Å². The molecule has 1 aromatic heterocycles. The predicted molar refractivity (Wildman–Crippen MR) is 111 cm³/mol. The molecule has 1 saturated carbocycles. The van der Waals surface area contributed by atoms with Crippen LogP contribution in [-0.2, 0) is 0 Å². The fraction of sp³-hybridized carbons (Fsp3) is 0.286. The second-order valence-electron chi connectivity index (χ2n) is 6.63. The topological polar surface area (TPSA) is 43.4 Å². The molecule has 1 aliphatic rings. The van der Waals surface area contributed by atoms with Gasteiger partial charge in [-0.1, -0.05) is 35.3 Å². The van der Waals surface area contributed by atoms with Gasteiger partial charge in [-0.25, -0.2) is 0 Å². The summed E-state index contributed by atoms with van der Waals surface area (Å²) < 4.78 is 11.9. The maximum Gasteiger partial charge on any atom is 0.169 e. The number of aromatic nitrogens is 1. The average molecular weight is 403 g/mol. The Bertz CT molecular complexity index is 952. The van der Waals surface area contributed by atoms with Crippen LogP contribution in [0.3, 0.4) is 0 Å². The van der Waals surface area contributed by atoms with Gasteiger partial charge in [-0.15, -0.1) is 0 Å². The number of hydrogen-bond donors (Lipinski definition) is 1. The number of rotatable bonds is 5. The average Bonchev–Trinajstić information content (AvgIpc) is 3.18. The first-order valence-electron chi connectivity index (χ1n) is 9.00. The molecule has 4 rings (SSSR count). The van der Waals surface area contributed by atoms with Crippen molar-refractivity contribution in [1.29, 1.82) is 0 Å². The van der Waals surface area contributed by atoms with Crippen molar-refractivity contribution in [1.82, 2.24) is 4.98 Å². The number of anilines is 2. The first kappa shape index (κ1) is 18.2. The molecule has 6 heteroatoms. The van der Waals surface area contributed by atoms with Crippen molar-refractivity contribution in [3.05, 3.63) is 52.8 Å². The van der Waals surface area contributed by atoms with E-state index in [4.69, 9.17) is 32.7 Å². The highest BCUT2D eigenvalue weighted by atomic mass is 35.5. The van der Waals surface area contributed by atoms with Gasteiger partial charge in [0.1, 0.15) is 0 Å². The van der Waals surface area contributed by atoms with Crippen LogP contribution in [0.15, 0.2) is 42.7 Å². The van der Waals surface area contributed by atoms with Gasteiger partial charge in [0.05, 0.1) is 28.9 Å². The Balaban J connectivity index is 1.79. The van der Waals surface area contributed by atoms with Gasteiger partial charge in [0.15, 0.2) is 11.5 Å². The van der Waals surface area contributed by atoms with E-state index in [1.165, 1.54) is 12.8 Å². The summed E-state index contributed by atoms with van der Waals surface area (Å²) in [6.45, 7) is 0. The first-order chi connectivity index (χ1) is 13.2. The summed E-state index contributed by atoms with van der Waals surface area (Å²) in [4.78, 5) is 4.00. The largest absolute Gasteiger partial charge is 0.493 e. The number of methoxy groups -OCH3 is 1. The molecule has 0 radical (unpaired) electrons. The fourth-order valence-electron chi connectivity index (χ4n) is 3.54. The highest BCUT2D eigenvalue weighted by Gasteiger charge is 2.21. The van der Waals surface area contributed by atoms with Gasteiger partial charge in [0, 0.05) is 28.9 Å². The van der Waals surface area contributed by atoms with Crippen molar-refractivity contribution in [2.45, 2.75) is 31.8 Å². The Morgan fingerprint density at radius 3 is 2.44 bits per heavy atom. The van der Waals surface area contributed by atoms with Crippen LogP contribution in [0.2, 0.25) is 10.0 Å². The number of nitrogens with zero attached hydrogens (tertiary/aromatic N) is 1. The number of halogens is 2. The Morgan fingerprint density at radius 2 is 1.74 bits per heavy atom. The van der Waals surface area contributed by atoms with Crippen LogP contribution in [0.4, 0.5) is 11.4 Å². The molecule has 0 spiro atoms. The lowest BCUT2D eigenvalue weighted by atomic mass is 10.1. The van der Waals surface area contributed by atoms with Crippen molar-refractivity contribution >= 4 is 45.3 Å². The summed E-state index contributed by atoms with van der Waals surface area (Å²) in [5, 5.41) is 6.28. The molecule has 0 unspecified atom stereocenters. The molecule has 3 aromatic rings. The number of ether oxygens (including phenoxy) is 2. The lowest BCUT2D eigenvalue weighted by Gasteiger charge is -2.19. The zero-order chi connectivity index (χ0) is 18.8. The van der Waals surface area contributed by atoms with E-state index in [1.807, 2.05) is 30.3 Å². The summed E-state index contributed by atoms with van der Waals surface area (Å²) in [5.41, 5.74) is 1.52. The molecule has 0 amide bonds. The van der Waals surface area contributed by atoms with E-state index in [9.17, 15) is 0 Å². The summed E-state index contributed by atoms with van der Waals surface area (Å²) in [5.74, 6) is 1.53. The van der Waals surface area contributed by atoms with Gasteiger partial charge < -0.3 is 14.8 Å². The third-order valence-electron chi connectivity index (χ3n) is 4.90. The van der Waals surface area contributed by atoms with Gasteiger partial charge in [-0.3, -0.25) is 4.98 Å². The maximum atomic E-state index is 6.35. The maximum absolute atomic E-state index is 6.35. The zero-order valence-corrected chi connectivity index (χ0v) is 16.5. The Hall–Kier alpha value is -2.17. The quantitative estimate of drug-likeness (QED) is 0.520. The second-order valence-corrected chi connectivity index (χ2v) is 7.44. The monoisotopic (exact) mass is 402 g/mol. The van der Waals surface area contributed by atoms with E-state index < -0.39 is 0 Å².